The molecular weight excluding hydrogens is 506 g/mol. The zero-order valence-corrected chi connectivity index (χ0v) is 22.2. The second-order valence-electron chi connectivity index (χ2n) is 8.57. The minimum absolute atomic E-state index is 0. The Morgan fingerprint density at radius 3 is 0.939 bits per heavy atom. The van der Waals surface area contributed by atoms with Crippen molar-refractivity contribution in [3.05, 3.63) is 42.5 Å². The Morgan fingerprint density at radius 1 is 0.364 bits per heavy atom. The molecule has 0 aromatic carbocycles. The third-order valence-electron chi connectivity index (χ3n) is 5.70. The van der Waals surface area contributed by atoms with Crippen molar-refractivity contribution in [1.29, 1.82) is 0 Å². The predicted octanol–water partition coefficient (Wildman–Crippen LogP) is 5.18. The summed E-state index contributed by atoms with van der Waals surface area (Å²) in [7, 11) is 0. The summed E-state index contributed by atoms with van der Waals surface area (Å²) in [6, 6.07) is 0. The van der Waals surface area contributed by atoms with Crippen LogP contribution in [0.4, 0.5) is 0 Å². The minimum Gasteiger partial charge on any atom is -0.664 e. The number of rotatable bonds is 4. The zero-order chi connectivity index (χ0) is 21.7. The topological polar surface area (TPSA) is 113 Å². The summed E-state index contributed by atoms with van der Waals surface area (Å²) >= 11 is 0. The average molecular weight is 550 g/mol. The van der Waals surface area contributed by atoms with Crippen LogP contribution in [0.5, 0.6) is 0 Å². The molecule has 2 rings (SSSR count). The van der Waals surface area contributed by atoms with E-state index in [0.29, 0.717) is 11.8 Å². The zero-order valence-electron chi connectivity index (χ0n) is 20.2. The Bertz CT molecular complexity index is 333. The fourth-order valence-corrected chi connectivity index (χ4v) is 3.87. The molecule has 0 atom stereocenters. The van der Waals surface area contributed by atoms with Gasteiger partial charge in [0.25, 0.3) is 0 Å². The van der Waals surface area contributed by atoms with Gasteiger partial charge in [0.15, 0.2) is 0 Å². The van der Waals surface area contributed by atoms with E-state index in [1.165, 1.54) is 19.3 Å². The van der Waals surface area contributed by atoms with Crippen molar-refractivity contribution in [3.63, 3.8) is 0 Å². The summed E-state index contributed by atoms with van der Waals surface area (Å²) in [6.45, 7) is 14.1. The molecule has 0 unspecified atom stereocenters. The Balaban J connectivity index is 0.00000512. The summed E-state index contributed by atoms with van der Waals surface area (Å²) in [5.41, 5.74) is 0. The molecule has 0 bridgehead atoms. The van der Waals surface area contributed by atoms with Gasteiger partial charge in [-0.15, -0.1) is 26.2 Å². The van der Waals surface area contributed by atoms with Crippen molar-refractivity contribution in [2.24, 2.45) is 11.8 Å². The molecular formula is C23H44N8Ni2-4. The predicted molar refractivity (Wildman–Crippen MR) is 135 cm³/mol. The molecule has 2 saturated heterocycles. The maximum atomic E-state index is 4.76. The van der Waals surface area contributed by atoms with Crippen molar-refractivity contribution >= 4 is 0 Å². The van der Waals surface area contributed by atoms with Crippen molar-refractivity contribution < 1.29 is 33.0 Å². The van der Waals surface area contributed by atoms with Gasteiger partial charge >= 0.3 is 33.0 Å². The molecule has 0 N–H and O–H groups in total. The van der Waals surface area contributed by atoms with Gasteiger partial charge in [-0.1, -0.05) is 43.9 Å². The van der Waals surface area contributed by atoms with Crippen LogP contribution in [0, 0.1) is 11.8 Å². The molecule has 33 heavy (non-hydrogen) atoms. The molecule has 0 aromatic rings. The van der Waals surface area contributed by atoms with E-state index >= 15 is 0 Å². The van der Waals surface area contributed by atoms with E-state index in [0.717, 1.165) is 118 Å². The summed E-state index contributed by atoms with van der Waals surface area (Å²) in [6.07, 6.45) is 5.69. The molecule has 200 valence electrons. The molecule has 0 saturated carbocycles. The van der Waals surface area contributed by atoms with E-state index in [2.05, 4.69) is 21.3 Å². The SMILES string of the molecule is C1C[N-]CC[N-]CC(CCCC2C[N-]CC[N-]CCC[N-]CC[N-]C2)C[N-]CC[N-]C1.[Ni+2].[Ni+2]. The van der Waals surface area contributed by atoms with Crippen LogP contribution in [0.1, 0.15) is 32.1 Å². The molecule has 10 heteroatoms. The standard InChI is InChI=1S/C23H44N8.2Ni/c1(4-22-18-28-14-10-24-6-2-7-25-11-15-29-19-22)5-23-20-30-16-12-26-8-3-9-27-13-17-31-21-23;;/h22-23H,1-21H2;;/q-8;2*+2. The van der Waals surface area contributed by atoms with Crippen molar-refractivity contribution in [3.8, 4) is 0 Å². The molecule has 2 aliphatic heterocycles. The molecule has 8 nitrogen and oxygen atoms in total. The van der Waals surface area contributed by atoms with Crippen LogP contribution in [0.2, 0.25) is 0 Å². The van der Waals surface area contributed by atoms with Gasteiger partial charge in [0, 0.05) is 0 Å². The molecule has 2 fully saturated rings. The van der Waals surface area contributed by atoms with E-state index in [1.807, 2.05) is 0 Å². The van der Waals surface area contributed by atoms with Gasteiger partial charge in [-0.05, 0) is 0 Å². The van der Waals surface area contributed by atoms with E-state index in [1.54, 1.807) is 0 Å². The van der Waals surface area contributed by atoms with Gasteiger partial charge in [0.2, 0.25) is 0 Å². The van der Waals surface area contributed by atoms with Gasteiger partial charge in [0.05, 0.1) is 0 Å². The van der Waals surface area contributed by atoms with Crippen LogP contribution in [0.25, 0.3) is 42.5 Å². The maximum absolute atomic E-state index is 4.76. The van der Waals surface area contributed by atoms with Gasteiger partial charge in [-0.3, -0.25) is 0 Å². The van der Waals surface area contributed by atoms with E-state index in [9.17, 15) is 0 Å². The number of hydrogen-bond acceptors (Lipinski definition) is 0. The summed E-state index contributed by atoms with van der Waals surface area (Å²) < 4.78 is 0. The maximum Gasteiger partial charge on any atom is 2.00 e. The van der Waals surface area contributed by atoms with Crippen LogP contribution in [-0.4, -0.2) is 105 Å². The van der Waals surface area contributed by atoms with Crippen molar-refractivity contribution in [1.82, 2.24) is 0 Å². The van der Waals surface area contributed by atoms with E-state index in [-0.39, 0.29) is 33.0 Å². The van der Waals surface area contributed by atoms with Crippen LogP contribution in [0.15, 0.2) is 0 Å². The summed E-state index contributed by atoms with van der Waals surface area (Å²) in [5, 5.41) is 37.2. The Hall–Kier alpha value is 0.667. The normalized spacial score (nSPS) is 23.3. The van der Waals surface area contributed by atoms with Crippen LogP contribution >= 0.6 is 0 Å². The first-order valence-electron chi connectivity index (χ1n) is 12.5. The third-order valence-corrected chi connectivity index (χ3v) is 5.70. The Kier molecular flexibility index (Phi) is 26.3. The monoisotopic (exact) mass is 548 g/mol. The summed E-state index contributed by atoms with van der Waals surface area (Å²) in [4.78, 5) is 0. The minimum atomic E-state index is 0. The van der Waals surface area contributed by atoms with Crippen LogP contribution in [-0.2, 0) is 33.0 Å². The van der Waals surface area contributed by atoms with Crippen LogP contribution < -0.4 is 0 Å². The first kappa shape index (κ1) is 33.7. The number of nitrogens with zero attached hydrogens (tertiary/aromatic N) is 8. The first-order chi connectivity index (χ1) is 15.4. The molecule has 0 aromatic heterocycles. The first-order valence-corrected chi connectivity index (χ1v) is 12.5. The van der Waals surface area contributed by atoms with Crippen molar-refractivity contribution in [2.45, 2.75) is 32.1 Å². The van der Waals surface area contributed by atoms with Gasteiger partial charge in [-0.25, -0.2) is 0 Å². The molecule has 0 amide bonds. The fourth-order valence-electron chi connectivity index (χ4n) is 3.87. The average Bonchev–Trinajstić information content (AvgIpc) is 2.78. The summed E-state index contributed by atoms with van der Waals surface area (Å²) in [5.74, 6) is 1.10. The molecule has 2 heterocycles. The van der Waals surface area contributed by atoms with Crippen molar-refractivity contribution in [2.75, 3.05) is 105 Å². The van der Waals surface area contributed by atoms with Gasteiger partial charge in [0.1, 0.15) is 0 Å². The largest absolute Gasteiger partial charge is 2.00 e. The number of hydrogen-bond donors (Lipinski definition) is 0. The smallest absolute Gasteiger partial charge is 0.664 e. The second kappa shape index (κ2) is 25.8. The fraction of sp³-hybridized carbons (Fsp3) is 1.00. The molecule has 2 aliphatic rings. The van der Waals surface area contributed by atoms with Gasteiger partial charge in [-0.2, -0.15) is 78.5 Å². The molecule has 0 spiro atoms. The van der Waals surface area contributed by atoms with Gasteiger partial charge < -0.3 is 42.5 Å². The molecule has 0 radical (unpaired) electrons. The van der Waals surface area contributed by atoms with E-state index < -0.39 is 0 Å². The third kappa shape index (κ3) is 20.5. The quantitative estimate of drug-likeness (QED) is 0.430. The Morgan fingerprint density at radius 2 is 0.636 bits per heavy atom. The Labute approximate surface area is 223 Å². The van der Waals surface area contributed by atoms with Crippen LogP contribution in [0.3, 0.4) is 0 Å². The second-order valence-corrected chi connectivity index (χ2v) is 8.57. The molecule has 0 aliphatic carbocycles. The van der Waals surface area contributed by atoms with E-state index in [4.69, 9.17) is 21.3 Å².